The molecular weight excluding hydrogens is 377 g/mol. The minimum atomic E-state index is -4.76. The van der Waals surface area contributed by atoms with E-state index in [1.165, 1.54) is 24.3 Å². The van der Waals surface area contributed by atoms with E-state index in [1.54, 1.807) is 19.0 Å². The van der Waals surface area contributed by atoms with E-state index in [4.69, 9.17) is 0 Å². The molecule has 156 valence electrons. The highest BCUT2D eigenvalue weighted by Crippen LogP contribution is 2.27. The van der Waals surface area contributed by atoms with Gasteiger partial charge in [0, 0.05) is 0 Å². The first-order valence-electron chi connectivity index (χ1n) is 8.84. The summed E-state index contributed by atoms with van der Waals surface area (Å²) in [4.78, 5) is 26.3. The minimum absolute atomic E-state index is 0.000646. The third-order valence-corrected chi connectivity index (χ3v) is 4.32. The Balaban J connectivity index is 2.10. The number of hydrogen-bond acceptors (Lipinski definition) is 5. The number of halogens is 3. The topological polar surface area (TPSA) is 82.7 Å². The predicted octanol–water partition coefficient (Wildman–Crippen LogP) is 1.72. The molecule has 1 aliphatic heterocycles. The first kappa shape index (κ1) is 22.0. The fourth-order valence-corrected chi connectivity index (χ4v) is 2.90. The molecule has 0 aromatic heterocycles. The largest absolute Gasteiger partial charge is 0.573 e. The van der Waals surface area contributed by atoms with Crippen LogP contribution in [0.4, 0.5) is 13.2 Å². The number of rotatable bonds is 6. The van der Waals surface area contributed by atoms with Crippen LogP contribution in [-0.4, -0.2) is 49.5 Å². The van der Waals surface area contributed by atoms with E-state index in [9.17, 15) is 22.8 Å². The Hall–Kier alpha value is -2.33. The van der Waals surface area contributed by atoms with Gasteiger partial charge in [0.25, 0.3) is 0 Å². The molecule has 1 saturated heterocycles. The lowest BCUT2D eigenvalue weighted by Crippen LogP contribution is -2.65. The van der Waals surface area contributed by atoms with Crippen molar-refractivity contribution < 1.29 is 27.5 Å². The zero-order valence-corrected chi connectivity index (χ0v) is 16.1. The van der Waals surface area contributed by atoms with Crippen LogP contribution < -0.4 is 20.7 Å². The Kier molecular flexibility index (Phi) is 6.89. The van der Waals surface area contributed by atoms with E-state index < -0.39 is 24.7 Å². The Morgan fingerprint density at radius 2 is 1.86 bits per heavy atom. The van der Waals surface area contributed by atoms with E-state index in [0.29, 0.717) is 5.56 Å². The van der Waals surface area contributed by atoms with Gasteiger partial charge in [-0.15, -0.1) is 13.2 Å². The van der Waals surface area contributed by atoms with Crippen molar-refractivity contribution in [3.05, 3.63) is 29.8 Å². The van der Waals surface area contributed by atoms with Crippen molar-refractivity contribution in [3.63, 3.8) is 0 Å². The summed E-state index contributed by atoms with van der Waals surface area (Å²) < 4.78 is 40.8. The zero-order chi connectivity index (χ0) is 21.1. The van der Waals surface area contributed by atoms with E-state index in [-0.39, 0.29) is 29.9 Å². The van der Waals surface area contributed by atoms with Crippen LogP contribution in [0.5, 0.6) is 5.75 Å². The number of benzene rings is 1. The maximum absolute atomic E-state index is 12.7. The monoisotopic (exact) mass is 402 g/mol. The molecule has 10 heteroatoms. The molecule has 0 aliphatic carbocycles. The molecule has 2 amide bonds. The molecule has 2 rings (SSSR count). The molecule has 1 aromatic rings. The molecule has 3 atom stereocenters. The van der Waals surface area contributed by atoms with Crippen molar-refractivity contribution in [1.82, 2.24) is 20.9 Å². The summed E-state index contributed by atoms with van der Waals surface area (Å²) in [5.74, 6) is -0.951. The van der Waals surface area contributed by atoms with Gasteiger partial charge >= 0.3 is 6.36 Å². The molecule has 3 N–H and O–H groups in total. The minimum Gasteiger partial charge on any atom is -0.406 e. The van der Waals surface area contributed by atoms with E-state index in [2.05, 4.69) is 20.7 Å². The smallest absolute Gasteiger partial charge is 0.406 e. The standard InChI is InChI=1S/C18H25F3N4O3/c1-10(2)15(11-5-7-12(8-6-11)28-18(19,20)21)24-16(27)13-9-14(26)23-17(22-13)25(3)4/h5-8,10,13,15,17,22H,9H2,1-4H3,(H,23,26)(H,24,27)/t13?,15-,17?/m1/s1. The Labute approximate surface area is 161 Å². The van der Waals surface area contributed by atoms with E-state index in [0.717, 1.165) is 0 Å². The second kappa shape index (κ2) is 8.78. The summed E-state index contributed by atoms with van der Waals surface area (Å²) in [6.07, 6.45) is -5.23. The Morgan fingerprint density at radius 3 is 2.36 bits per heavy atom. The number of nitrogens with zero attached hydrogens (tertiary/aromatic N) is 1. The van der Waals surface area contributed by atoms with Crippen molar-refractivity contribution in [1.29, 1.82) is 0 Å². The van der Waals surface area contributed by atoms with Gasteiger partial charge < -0.3 is 15.4 Å². The van der Waals surface area contributed by atoms with Gasteiger partial charge in [0.15, 0.2) is 0 Å². The van der Waals surface area contributed by atoms with Crippen LogP contribution in [0.15, 0.2) is 24.3 Å². The van der Waals surface area contributed by atoms with Crippen LogP contribution in [0, 0.1) is 5.92 Å². The first-order valence-corrected chi connectivity index (χ1v) is 8.84. The quantitative estimate of drug-likeness (QED) is 0.675. The SMILES string of the molecule is CC(C)[C@@H](NC(=O)C1CC(=O)NC(N(C)C)N1)c1ccc(OC(F)(F)F)cc1. The molecule has 0 bridgehead atoms. The van der Waals surface area contributed by atoms with Gasteiger partial charge in [-0.25, -0.2) is 0 Å². The van der Waals surface area contributed by atoms with Gasteiger partial charge in [0.05, 0.1) is 18.5 Å². The summed E-state index contributed by atoms with van der Waals surface area (Å²) in [7, 11) is 3.53. The fourth-order valence-electron chi connectivity index (χ4n) is 2.90. The summed E-state index contributed by atoms with van der Waals surface area (Å²) in [6.45, 7) is 3.77. The molecule has 2 unspecified atom stereocenters. The summed E-state index contributed by atoms with van der Waals surface area (Å²) in [6, 6.07) is 4.23. The molecule has 7 nitrogen and oxygen atoms in total. The average Bonchev–Trinajstić information content (AvgIpc) is 2.58. The lowest BCUT2D eigenvalue weighted by molar-refractivity contribution is -0.274. The zero-order valence-electron chi connectivity index (χ0n) is 16.1. The molecule has 1 aromatic carbocycles. The van der Waals surface area contributed by atoms with Crippen molar-refractivity contribution in [3.8, 4) is 5.75 Å². The second-order valence-corrected chi connectivity index (χ2v) is 7.20. The van der Waals surface area contributed by atoms with Crippen molar-refractivity contribution in [2.75, 3.05) is 14.1 Å². The van der Waals surface area contributed by atoms with E-state index >= 15 is 0 Å². The number of nitrogens with one attached hydrogen (secondary N) is 3. The highest BCUT2D eigenvalue weighted by molar-refractivity contribution is 5.89. The Bertz CT molecular complexity index is 692. The normalized spacial score (nSPS) is 21.4. The second-order valence-electron chi connectivity index (χ2n) is 7.20. The van der Waals surface area contributed by atoms with Crippen molar-refractivity contribution in [2.45, 2.75) is 45.0 Å². The molecule has 0 radical (unpaired) electrons. The average molecular weight is 402 g/mol. The highest BCUT2D eigenvalue weighted by Gasteiger charge is 2.33. The predicted molar refractivity (Wildman–Crippen MR) is 96.0 cm³/mol. The van der Waals surface area contributed by atoms with Gasteiger partial charge in [-0.3, -0.25) is 19.8 Å². The Morgan fingerprint density at radius 1 is 1.25 bits per heavy atom. The number of carbonyl (C=O) groups is 2. The molecule has 0 saturated carbocycles. The van der Waals surface area contributed by atoms with Gasteiger partial charge in [0.2, 0.25) is 11.8 Å². The number of ether oxygens (including phenoxy) is 1. The third kappa shape index (κ3) is 6.10. The molecular formula is C18H25F3N4O3. The van der Waals surface area contributed by atoms with Gasteiger partial charge in [0.1, 0.15) is 12.0 Å². The lowest BCUT2D eigenvalue weighted by Gasteiger charge is -2.35. The molecule has 1 fully saturated rings. The number of hydrogen-bond donors (Lipinski definition) is 3. The maximum Gasteiger partial charge on any atom is 0.573 e. The number of amides is 2. The van der Waals surface area contributed by atoms with Crippen LogP contribution in [0.1, 0.15) is 31.9 Å². The summed E-state index contributed by atoms with van der Waals surface area (Å²) in [5.41, 5.74) is 0.641. The summed E-state index contributed by atoms with van der Waals surface area (Å²) >= 11 is 0. The van der Waals surface area contributed by atoms with E-state index in [1.807, 2.05) is 13.8 Å². The van der Waals surface area contributed by atoms with Gasteiger partial charge in [-0.2, -0.15) is 0 Å². The van der Waals surface area contributed by atoms with Crippen LogP contribution in [0.25, 0.3) is 0 Å². The number of carbonyl (C=O) groups excluding carboxylic acids is 2. The van der Waals surface area contributed by atoms with Crippen LogP contribution in [-0.2, 0) is 9.59 Å². The lowest BCUT2D eigenvalue weighted by atomic mass is 9.95. The summed E-state index contributed by atoms with van der Waals surface area (Å²) in [5, 5.41) is 8.66. The van der Waals surface area contributed by atoms with Gasteiger partial charge in [-0.05, 0) is 37.7 Å². The third-order valence-electron chi connectivity index (χ3n) is 4.32. The molecule has 28 heavy (non-hydrogen) atoms. The van der Waals surface area contributed by atoms with Crippen molar-refractivity contribution >= 4 is 11.8 Å². The van der Waals surface area contributed by atoms with Crippen LogP contribution in [0.3, 0.4) is 0 Å². The van der Waals surface area contributed by atoms with Crippen molar-refractivity contribution in [2.24, 2.45) is 5.92 Å². The fraction of sp³-hybridized carbons (Fsp3) is 0.556. The maximum atomic E-state index is 12.7. The van der Waals surface area contributed by atoms with Gasteiger partial charge in [-0.1, -0.05) is 26.0 Å². The number of alkyl halides is 3. The molecule has 1 heterocycles. The highest BCUT2D eigenvalue weighted by atomic mass is 19.4. The molecule has 1 aliphatic rings. The first-order chi connectivity index (χ1) is 13.0. The van der Waals surface area contributed by atoms with Crippen LogP contribution in [0.2, 0.25) is 0 Å². The van der Waals surface area contributed by atoms with Crippen LogP contribution >= 0.6 is 0 Å². The molecule has 0 spiro atoms.